The Morgan fingerprint density at radius 3 is 2.40 bits per heavy atom. The molecular weight excluding hydrogens is 886 g/mol. The Kier molecular flexibility index (Phi) is 13.8. The SMILES string of the molecule is Cc1ncsc1-c1ccc([C@H](C)NC(=O)[C@@H]2C[C@@H](O)CN2C(=O)C(c2cc(N3CCC(CN4CCC(n5nc(NC(C)C)c6nnc(-c7cc(F)ccc7O)cc65)CC4)CC3)no2)C(C)C)cc1. The average molecular weight is 948 g/mol. The molecule has 7 heterocycles. The first-order chi connectivity index (χ1) is 32.7. The smallest absolute Gasteiger partial charge is 0.243 e. The Morgan fingerprint density at radius 2 is 1.71 bits per heavy atom. The van der Waals surface area contributed by atoms with Crippen molar-refractivity contribution in [3.05, 3.63) is 82.9 Å². The van der Waals surface area contributed by atoms with E-state index < -0.39 is 23.9 Å². The van der Waals surface area contributed by atoms with Gasteiger partial charge >= 0.3 is 0 Å². The lowest BCUT2D eigenvalue weighted by Crippen LogP contribution is -2.48. The van der Waals surface area contributed by atoms with Crippen molar-refractivity contribution in [2.45, 2.75) is 110 Å². The molecule has 16 nitrogen and oxygen atoms in total. The first kappa shape index (κ1) is 47.1. The van der Waals surface area contributed by atoms with Crippen molar-refractivity contribution >= 4 is 45.8 Å². The summed E-state index contributed by atoms with van der Waals surface area (Å²) in [5.74, 6) is 0.440. The van der Waals surface area contributed by atoms with E-state index in [0.29, 0.717) is 34.5 Å². The quantitative estimate of drug-likeness (QED) is 0.0832. The van der Waals surface area contributed by atoms with Gasteiger partial charge in [0.2, 0.25) is 11.8 Å². The Morgan fingerprint density at radius 1 is 0.956 bits per heavy atom. The number of rotatable bonds is 14. The molecule has 360 valence electrons. The van der Waals surface area contributed by atoms with Crippen LogP contribution in [0, 0.1) is 24.6 Å². The van der Waals surface area contributed by atoms with Gasteiger partial charge < -0.3 is 40.1 Å². The summed E-state index contributed by atoms with van der Waals surface area (Å²) in [6, 6.07) is 14.8. The summed E-state index contributed by atoms with van der Waals surface area (Å²) in [4.78, 5) is 39.9. The van der Waals surface area contributed by atoms with Crippen LogP contribution in [0.15, 0.2) is 64.6 Å². The van der Waals surface area contributed by atoms with E-state index in [0.717, 1.165) is 85.6 Å². The number of carbonyl (C=O) groups excluding carboxylic acids is 2. The van der Waals surface area contributed by atoms with Crippen LogP contribution >= 0.6 is 11.3 Å². The number of hydrogen-bond acceptors (Lipinski definition) is 14. The van der Waals surface area contributed by atoms with Crippen molar-refractivity contribution in [2.75, 3.05) is 49.5 Å². The largest absolute Gasteiger partial charge is 0.507 e. The van der Waals surface area contributed by atoms with Crippen LogP contribution in [-0.2, 0) is 9.59 Å². The topological polar surface area (TPSA) is 191 Å². The molecule has 0 bridgehead atoms. The summed E-state index contributed by atoms with van der Waals surface area (Å²) in [7, 11) is 0. The normalized spacial score (nSPS) is 19.6. The fourth-order valence-corrected chi connectivity index (χ4v) is 11.0. The molecule has 3 aliphatic heterocycles. The standard InChI is InChI=1S/C50H62FN11O5S/c1-28(2)45(50(66)61-26-37(63)22-41(61)49(65)54-30(5)33-7-9-34(10-8-33)47-31(6)52-27-68-47)43-24-44(58-67-43)60-19-13-32(14-20-60)25-59-17-15-36(16-18-59)62-40-23-39(38-21-35(51)11-12-42(38)64)55-56-46(40)48(57-62)53-29(3)4/h7-12,21,23-24,27-30,32,36-37,41,45,63-64H,13-20,22,25-26H2,1-6H3,(H,53,57)(H,54,65)/t30-,37+,41-,45?/m0/s1. The van der Waals surface area contributed by atoms with Crippen LogP contribution in [0.4, 0.5) is 16.0 Å². The zero-order valence-corrected chi connectivity index (χ0v) is 40.4. The highest BCUT2D eigenvalue weighted by Crippen LogP contribution is 2.37. The fourth-order valence-electron chi connectivity index (χ4n) is 10.2. The van der Waals surface area contributed by atoms with Crippen molar-refractivity contribution < 1.29 is 28.7 Å². The third kappa shape index (κ3) is 9.94. The molecule has 18 heteroatoms. The number of thiazole rings is 1. The number of nitrogens with one attached hydrogen (secondary N) is 2. The van der Waals surface area contributed by atoms with E-state index in [1.165, 1.54) is 23.1 Å². The minimum Gasteiger partial charge on any atom is -0.507 e. The molecule has 6 aromatic rings. The van der Waals surface area contributed by atoms with E-state index in [9.17, 15) is 24.2 Å². The number of phenols is 1. The van der Waals surface area contributed by atoms with Crippen LogP contribution < -0.4 is 15.5 Å². The number of halogens is 1. The molecule has 0 aliphatic carbocycles. The third-order valence-electron chi connectivity index (χ3n) is 13.9. The highest BCUT2D eigenvalue weighted by Gasteiger charge is 2.44. The predicted molar refractivity (Wildman–Crippen MR) is 260 cm³/mol. The van der Waals surface area contributed by atoms with Gasteiger partial charge in [-0.05, 0) is 101 Å². The number of aryl methyl sites for hydroxylation is 1. The van der Waals surface area contributed by atoms with Crippen molar-refractivity contribution in [1.82, 2.24) is 45.2 Å². The highest BCUT2D eigenvalue weighted by molar-refractivity contribution is 7.13. The summed E-state index contributed by atoms with van der Waals surface area (Å²) in [5, 5.41) is 46.1. The second kappa shape index (κ2) is 19.9. The fraction of sp³-hybridized carbons (Fsp3) is 0.500. The van der Waals surface area contributed by atoms with Gasteiger partial charge in [0.1, 0.15) is 23.5 Å². The summed E-state index contributed by atoms with van der Waals surface area (Å²) >= 11 is 1.59. The van der Waals surface area contributed by atoms with Gasteiger partial charge in [0.05, 0.1) is 45.5 Å². The number of anilines is 2. The Bertz CT molecular complexity index is 2720. The molecule has 9 rings (SSSR count). The number of piperidine rings is 2. The molecular formula is C50H62FN11O5S. The molecule has 2 aromatic carbocycles. The number of β-amino-alcohol motifs (C(OH)–C–C–N with tert-alkyl or cyclic N) is 1. The lowest BCUT2D eigenvalue weighted by Gasteiger charge is -2.37. The van der Waals surface area contributed by atoms with Crippen LogP contribution in [0.3, 0.4) is 0 Å². The molecule has 68 heavy (non-hydrogen) atoms. The molecule has 4 atom stereocenters. The van der Waals surface area contributed by atoms with Gasteiger partial charge in [-0.25, -0.2) is 9.37 Å². The van der Waals surface area contributed by atoms with E-state index >= 15 is 0 Å². The highest BCUT2D eigenvalue weighted by atomic mass is 32.1. The number of aliphatic hydroxyl groups is 1. The second-order valence-electron chi connectivity index (χ2n) is 19.5. The van der Waals surface area contributed by atoms with E-state index in [1.54, 1.807) is 11.3 Å². The van der Waals surface area contributed by atoms with Crippen LogP contribution in [0.2, 0.25) is 0 Å². The van der Waals surface area contributed by atoms with E-state index in [-0.39, 0.29) is 60.1 Å². The van der Waals surface area contributed by atoms with E-state index in [2.05, 4.69) is 40.8 Å². The van der Waals surface area contributed by atoms with Gasteiger partial charge in [0.25, 0.3) is 0 Å². The molecule has 1 unspecified atom stereocenters. The van der Waals surface area contributed by atoms with Crippen molar-refractivity contribution in [2.24, 2.45) is 11.8 Å². The zero-order chi connectivity index (χ0) is 47.8. The number of carbonyl (C=O) groups is 2. The molecule has 4 aromatic heterocycles. The molecule has 4 N–H and O–H groups in total. The number of aromatic hydroxyl groups is 1. The number of fused-ring (bicyclic) bond motifs is 1. The third-order valence-corrected chi connectivity index (χ3v) is 14.8. The van der Waals surface area contributed by atoms with Crippen molar-refractivity contribution in [1.29, 1.82) is 0 Å². The summed E-state index contributed by atoms with van der Waals surface area (Å²) in [6.07, 6.45) is 3.14. The van der Waals surface area contributed by atoms with Crippen LogP contribution in [-0.4, -0.2) is 119 Å². The average Bonchev–Trinajstić information content (AvgIpc) is 4.14. The van der Waals surface area contributed by atoms with Gasteiger partial charge in [-0.3, -0.25) is 14.3 Å². The number of hydrogen-bond donors (Lipinski definition) is 4. The first-order valence-corrected chi connectivity index (χ1v) is 24.8. The van der Waals surface area contributed by atoms with Gasteiger partial charge in [0.15, 0.2) is 22.9 Å². The number of aromatic nitrogens is 6. The maximum absolute atomic E-state index is 14.4. The van der Waals surface area contributed by atoms with Crippen LogP contribution in [0.1, 0.15) is 102 Å². The number of likely N-dealkylation sites (tertiary alicyclic amines) is 2. The van der Waals surface area contributed by atoms with Gasteiger partial charge in [-0.15, -0.1) is 21.5 Å². The van der Waals surface area contributed by atoms with Gasteiger partial charge in [-0.1, -0.05) is 43.3 Å². The summed E-state index contributed by atoms with van der Waals surface area (Å²) < 4.78 is 22.2. The number of amides is 2. The van der Waals surface area contributed by atoms with E-state index in [1.807, 2.05) is 88.1 Å². The number of phenolic OH excluding ortho intramolecular Hbond substituents is 1. The molecule has 0 saturated carbocycles. The summed E-state index contributed by atoms with van der Waals surface area (Å²) in [5.41, 5.74) is 6.93. The molecule has 3 fully saturated rings. The first-order valence-electron chi connectivity index (χ1n) is 23.9. The Labute approximate surface area is 399 Å². The molecule has 3 aliphatic rings. The minimum absolute atomic E-state index is 0.0624. The lowest BCUT2D eigenvalue weighted by molar-refractivity contribution is -0.141. The zero-order valence-electron chi connectivity index (χ0n) is 39.6. The van der Waals surface area contributed by atoms with Crippen molar-refractivity contribution in [3.8, 4) is 27.4 Å². The Hall–Kier alpha value is -5.98. The lowest BCUT2D eigenvalue weighted by atomic mass is 9.91. The molecule has 0 spiro atoms. The molecule has 3 saturated heterocycles. The Balaban J connectivity index is 0.790. The van der Waals surface area contributed by atoms with Gasteiger partial charge in [-0.2, -0.15) is 5.10 Å². The maximum atomic E-state index is 14.4. The minimum atomic E-state index is -0.815. The number of nitrogens with zero attached hydrogens (tertiary/aromatic N) is 9. The number of aliphatic hydroxyl groups excluding tert-OH is 1. The van der Waals surface area contributed by atoms with Crippen LogP contribution in [0.5, 0.6) is 5.75 Å². The summed E-state index contributed by atoms with van der Waals surface area (Å²) in [6.45, 7) is 16.5. The molecule has 2 amide bonds. The number of benzene rings is 2. The van der Waals surface area contributed by atoms with Crippen molar-refractivity contribution in [3.63, 3.8) is 0 Å². The maximum Gasteiger partial charge on any atom is 0.243 e. The van der Waals surface area contributed by atoms with Gasteiger partial charge in [0, 0.05) is 63.4 Å². The van der Waals surface area contributed by atoms with Crippen LogP contribution in [0.25, 0.3) is 32.7 Å². The second-order valence-corrected chi connectivity index (χ2v) is 20.4. The predicted octanol–water partition coefficient (Wildman–Crippen LogP) is 7.71. The molecule has 0 radical (unpaired) electrons. The monoisotopic (exact) mass is 947 g/mol. The van der Waals surface area contributed by atoms with E-state index in [4.69, 9.17) is 9.62 Å².